The first-order valence-corrected chi connectivity index (χ1v) is 9.56. The molecule has 0 unspecified atom stereocenters. The molecule has 2 amide bonds. The number of carbonyl (C=O) groups is 2. The Kier molecular flexibility index (Phi) is 3.75. The van der Waals surface area contributed by atoms with Gasteiger partial charge in [0.2, 0.25) is 0 Å². The summed E-state index contributed by atoms with van der Waals surface area (Å²) < 4.78 is 32.1. The molecule has 0 spiro atoms. The second-order valence-corrected chi connectivity index (χ2v) is 8.47. The number of nitrogens with one attached hydrogen (secondary N) is 1. The fraction of sp³-hybridized carbons (Fsp3) is 0.364. The van der Waals surface area contributed by atoms with Crippen LogP contribution in [0.1, 0.15) is 36.0 Å². The smallest absolute Gasteiger partial charge is 0.322 e. The Morgan fingerprint density at radius 3 is 2.41 bits per heavy atom. The van der Waals surface area contributed by atoms with Crippen LogP contribution in [-0.2, 0) is 28.0 Å². The average Bonchev–Trinajstić information content (AvgIpc) is 3.05. The third kappa shape index (κ3) is 2.63. The highest BCUT2D eigenvalue weighted by Crippen LogP contribution is 2.73. The van der Waals surface area contributed by atoms with Crippen LogP contribution in [0.4, 0.5) is 19.3 Å². The van der Waals surface area contributed by atoms with Crippen LogP contribution >= 0.6 is 0 Å². The van der Waals surface area contributed by atoms with E-state index >= 15 is 0 Å². The lowest BCUT2D eigenvalue weighted by atomic mass is 9.33. The normalized spacial score (nSPS) is 26.2. The molecule has 1 aliphatic heterocycles. The summed E-state index contributed by atoms with van der Waals surface area (Å²) in [7, 11) is 1.43. The van der Waals surface area contributed by atoms with Gasteiger partial charge in [0.25, 0.3) is 0 Å². The van der Waals surface area contributed by atoms with Gasteiger partial charge in [-0.15, -0.1) is 0 Å². The molecule has 1 heterocycles. The molecule has 3 fully saturated rings. The van der Waals surface area contributed by atoms with Crippen LogP contribution in [0.15, 0.2) is 36.4 Å². The zero-order valence-corrected chi connectivity index (χ0v) is 15.9. The Morgan fingerprint density at radius 2 is 1.76 bits per heavy atom. The molecule has 4 aliphatic rings. The number of amides is 2. The number of urea groups is 1. The van der Waals surface area contributed by atoms with Gasteiger partial charge in [-0.3, -0.25) is 4.79 Å². The fourth-order valence-electron chi connectivity index (χ4n) is 5.21. The lowest BCUT2D eigenvalue weighted by Gasteiger charge is -2.68. The molecule has 150 valence electrons. The van der Waals surface area contributed by atoms with Crippen molar-refractivity contribution in [2.75, 3.05) is 12.4 Å². The van der Waals surface area contributed by atoms with Crippen molar-refractivity contribution in [2.45, 2.75) is 37.8 Å². The second-order valence-electron chi connectivity index (χ2n) is 8.47. The molecule has 7 heteroatoms. The van der Waals surface area contributed by atoms with Crippen LogP contribution in [0.25, 0.3) is 0 Å². The quantitative estimate of drug-likeness (QED) is 0.792. The average molecular weight is 398 g/mol. The second kappa shape index (κ2) is 6.02. The van der Waals surface area contributed by atoms with Crippen LogP contribution in [-0.4, -0.2) is 24.0 Å². The van der Waals surface area contributed by atoms with Crippen LogP contribution in [0.5, 0.6) is 0 Å². The summed E-state index contributed by atoms with van der Waals surface area (Å²) in [6.45, 7) is 0.288. The SMILES string of the molecule is COC(=O)C12CC(c3ccc(NC(=O)N4Cc5cc(F)cc(F)c5C4)cc3)(C1)C2. The minimum Gasteiger partial charge on any atom is -0.469 e. The third-order valence-corrected chi connectivity index (χ3v) is 6.65. The number of ether oxygens (including phenoxy) is 1. The van der Waals surface area contributed by atoms with Crippen molar-refractivity contribution in [3.05, 3.63) is 64.7 Å². The molecule has 5 nitrogen and oxygen atoms in total. The van der Waals surface area contributed by atoms with Gasteiger partial charge in [-0.1, -0.05) is 12.1 Å². The molecule has 6 rings (SSSR count). The van der Waals surface area contributed by atoms with Gasteiger partial charge in [-0.2, -0.15) is 0 Å². The summed E-state index contributed by atoms with van der Waals surface area (Å²) >= 11 is 0. The van der Waals surface area contributed by atoms with E-state index in [1.165, 1.54) is 18.1 Å². The first-order valence-electron chi connectivity index (χ1n) is 9.56. The molecule has 0 atom stereocenters. The number of nitrogens with zero attached hydrogens (tertiary/aromatic N) is 1. The molecule has 3 saturated carbocycles. The Labute approximate surface area is 166 Å². The standard InChI is InChI=1S/C22H20F2N2O3/c1-29-19(27)22-10-21(11-22,12-22)14-2-4-16(5-3-14)25-20(28)26-8-13-6-15(23)7-18(24)17(13)9-26/h2-7H,8-12H2,1H3,(H,25,28). The Hall–Kier alpha value is -2.96. The van der Waals surface area contributed by atoms with E-state index in [4.69, 9.17) is 4.74 Å². The lowest BCUT2D eigenvalue weighted by molar-refractivity contribution is -0.198. The van der Waals surface area contributed by atoms with Gasteiger partial charge in [0.1, 0.15) is 11.6 Å². The predicted molar refractivity (Wildman–Crippen MR) is 101 cm³/mol. The third-order valence-electron chi connectivity index (χ3n) is 6.65. The predicted octanol–water partition coefficient (Wildman–Crippen LogP) is 4.11. The Bertz CT molecular complexity index is 1020. The Balaban J connectivity index is 1.22. The summed E-state index contributed by atoms with van der Waals surface area (Å²) in [4.78, 5) is 25.8. The number of hydrogen-bond donors (Lipinski definition) is 1. The van der Waals surface area contributed by atoms with Crippen LogP contribution in [0.2, 0.25) is 0 Å². The number of methoxy groups -OCH3 is 1. The van der Waals surface area contributed by atoms with Gasteiger partial charge >= 0.3 is 12.0 Å². The van der Waals surface area contributed by atoms with Crippen molar-refractivity contribution in [3.63, 3.8) is 0 Å². The number of halogens is 2. The first-order chi connectivity index (χ1) is 13.8. The monoisotopic (exact) mass is 398 g/mol. The number of fused-ring (bicyclic) bond motifs is 1. The van der Waals surface area contributed by atoms with Gasteiger partial charge in [-0.05, 0) is 54.0 Å². The number of rotatable bonds is 3. The summed E-state index contributed by atoms with van der Waals surface area (Å²) in [5.41, 5.74) is 2.41. The van der Waals surface area contributed by atoms with E-state index in [9.17, 15) is 18.4 Å². The van der Waals surface area contributed by atoms with E-state index < -0.39 is 11.6 Å². The summed E-state index contributed by atoms with van der Waals surface area (Å²) in [6.07, 6.45) is 2.44. The molecule has 2 bridgehead atoms. The molecule has 29 heavy (non-hydrogen) atoms. The van der Waals surface area contributed by atoms with Crippen LogP contribution in [0, 0.1) is 17.0 Å². The first kappa shape index (κ1) is 18.1. The minimum atomic E-state index is -0.637. The van der Waals surface area contributed by atoms with Gasteiger partial charge in [0.15, 0.2) is 0 Å². The zero-order valence-electron chi connectivity index (χ0n) is 15.9. The number of carbonyl (C=O) groups excluding carboxylic acids is 2. The van der Waals surface area contributed by atoms with Gasteiger partial charge in [0.05, 0.1) is 19.1 Å². The highest BCUT2D eigenvalue weighted by atomic mass is 19.1. The molecule has 1 N–H and O–H groups in total. The maximum atomic E-state index is 13.9. The van der Waals surface area contributed by atoms with Crippen molar-refractivity contribution < 1.29 is 23.1 Å². The molecule has 2 aromatic carbocycles. The van der Waals surface area contributed by atoms with Crippen molar-refractivity contribution in [1.29, 1.82) is 0 Å². The number of anilines is 1. The number of benzene rings is 2. The molecule has 3 aliphatic carbocycles. The van der Waals surface area contributed by atoms with E-state index in [-0.39, 0.29) is 35.9 Å². The zero-order chi connectivity index (χ0) is 20.4. The largest absolute Gasteiger partial charge is 0.469 e. The van der Waals surface area contributed by atoms with Crippen molar-refractivity contribution in [2.24, 2.45) is 5.41 Å². The van der Waals surface area contributed by atoms with Crippen LogP contribution in [0.3, 0.4) is 0 Å². The maximum Gasteiger partial charge on any atom is 0.322 e. The fourth-order valence-corrected chi connectivity index (χ4v) is 5.21. The molecule has 0 saturated heterocycles. The van der Waals surface area contributed by atoms with E-state index in [1.54, 1.807) is 0 Å². The number of hydrogen-bond acceptors (Lipinski definition) is 3. The van der Waals surface area contributed by atoms with E-state index in [1.807, 2.05) is 24.3 Å². The highest BCUT2D eigenvalue weighted by Gasteiger charge is 2.72. The molecule has 0 radical (unpaired) electrons. The van der Waals surface area contributed by atoms with E-state index in [0.717, 1.165) is 30.9 Å². The van der Waals surface area contributed by atoms with Crippen molar-refractivity contribution in [3.8, 4) is 0 Å². The van der Waals surface area contributed by atoms with Crippen molar-refractivity contribution >= 4 is 17.7 Å². The molecular formula is C22H20F2N2O3. The molecule has 2 aromatic rings. The Morgan fingerprint density at radius 1 is 1.07 bits per heavy atom. The topological polar surface area (TPSA) is 58.6 Å². The maximum absolute atomic E-state index is 13.9. The van der Waals surface area contributed by atoms with E-state index in [0.29, 0.717) is 16.8 Å². The highest BCUT2D eigenvalue weighted by molar-refractivity contribution is 5.90. The van der Waals surface area contributed by atoms with Crippen molar-refractivity contribution in [1.82, 2.24) is 4.90 Å². The van der Waals surface area contributed by atoms with Gasteiger partial charge in [0, 0.05) is 23.9 Å². The van der Waals surface area contributed by atoms with Gasteiger partial charge in [-0.25, -0.2) is 13.6 Å². The lowest BCUT2D eigenvalue weighted by Crippen LogP contribution is -2.68. The molecule has 0 aromatic heterocycles. The van der Waals surface area contributed by atoms with Crippen LogP contribution < -0.4 is 5.32 Å². The number of esters is 1. The summed E-state index contributed by atoms with van der Waals surface area (Å²) in [5.74, 6) is -1.38. The van der Waals surface area contributed by atoms with E-state index in [2.05, 4.69) is 5.32 Å². The molecular weight excluding hydrogens is 378 g/mol. The summed E-state index contributed by atoms with van der Waals surface area (Å²) in [6, 6.07) is 9.38. The minimum absolute atomic E-state index is 0.0505. The summed E-state index contributed by atoms with van der Waals surface area (Å²) in [5, 5.41) is 2.81. The van der Waals surface area contributed by atoms with Gasteiger partial charge < -0.3 is 15.0 Å².